The monoisotopic (exact) mass is 384 g/mol. The molecular formula is C20H24N4O2S. The maximum Gasteiger partial charge on any atom is 0.227 e. The molecule has 1 aliphatic heterocycles. The molecule has 4 rings (SSSR count). The van der Waals surface area contributed by atoms with E-state index in [9.17, 15) is 4.79 Å². The number of Topliss-reactive ketones (excluding diaryl/α,β-unsaturated/α-hetero) is 1. The van der Waals surface area contributed by atoms with Gasteiger partial charge in [0, 0.05) is 17.7 Å². The minimum Gasteiger partial charge on any atom is -0.494 e. The fraction of sp³-hybridized carbons (Fsp3) is 0.450. The Bertz CT molecular complexity index is 873. The van der Waals surface area contributed by atoms with Gasteiger partial charge in [-0.1, -0.05) is 37.7 Å². The zero-order valence-corrected chi connectivity index (χ0v) is 16.5. The van der Waals surface area contributed by atoms with Gasteiger partial charge >= 0.3 is 0 Å². The van der Waals surface area contributed by atoms with E-state index in [2.05, 4.69) is 29.2 Å². The van der Waals surface area contributed by atoms with E-state index in [1.807, 2.05) is 28.9 Å². The van der Waals surface area contributed by atoms with Crippen LogP contribution in [0.15, 0.2) is 40.7 Å². The van der Waals surface area contributed by atoms with E-state index < -0.39 is 0 Å². The lowest BCUT2D eigenvalue weighted by molar-refractivity contribution is -0.116. The maximum atomic E-state index is 12.8. The van der Waals surface area contributed by atoms with Crippen LogP contribution in [-0.4, -0.2) is 32.9 Å². The number of hydrogen-bond acceptors (Lipinski definition) is 6. The second-order valence-corrected chi connectivity index (χ2v) is 7.94. The number of hydrogen-bond donors (Lipinski definition) is 1. The molecule has 1 atom stereocenters. The number of carbonyl (C=O) groups is 1. The second kappa shape index (κ2) is 7.76. The number of aromatic nitrogens is 3. The van der Waals surface area contributed by atoms with Gasteiger partial charge in [0.05, 0.1) is 6.61 Å². The van der Waals surface area contributed by atoms with Gasteiger partial charge < -0.3 is 10.1 Å². The quantitative estimate of drug-likeness (QED) is 0.753. The summed E-state index contributed by atoms with van der Waals surface area (Å²) in [6, 6.07) is 7.78. The number of ether oxygens (including phenoxy) is 1. The lowest BCUT2D eigenvalue weighted by atomic mass is 9.85. The summed E-state index contributed by atoms with van der Waals surface area (Å²) in [6.45, 7) is 4.87. The summed E-state index contributed by atoms with van der Waals surface area (Å²) in [5.74, 6) is 2.67. The van der Waals surface area contributed by atoms with Crippen molar-refractivity contribution >= 4 is 23.5 Å². The van der Waals surface area contributed by atoms with Crippen LogP contribution in [0.25, 0.3) is 0 Å². The highest BCUT2D eigenvalue weighted by atomic mass is 32.2. The van der Waals surface area contributed by atoms with Crippen LogP contribution >= 0.6 is 11.8 Å². The molecule has 0 fully saturated rings. The Morgan fingerprint density at radius 2 is 2.07 bits per heavy atom. The Morgan fingerprint density at radius 1 is 1.26 bits per heavy atom. The van der Waals surface area contributed by atoms with Crippen LogP contribution in [0.5, 0.6) is 5.75 Å². The molecular weight excluding hydrogens is 360 g/mol. The zero-order chi connectivity index (χ0) is 18.8. The molecule has 0 saturated carbocycles. The van der Waals surface area contributed by atoms with Gasteiger partial charge in [0.1, 0.15) is 11.8 Å². The van der Waals surface area contributed by atoms with Gasteiger partial charge in [0.15, 0.2) is 5.78 Å². The first-order chi connectivity index (χ1) is 13.2. The molecule has 0 spiro atoms. The number of nitrogens with zero attached hydrogens (tertiary/aromatic N) is 3. The van der Waals surface area contributed by atoms with Gasteiger partial charge in [-0.3, -0.25) is 4.79 Å². The van der Waals surface area contributed by atoms with E-state index in [1.54, 1.807) is 11.8 Å². The number of thioether (sulfide) groups is 1. The van der Waals surface area contributed by atoms with E-state index in [4.69, 9.17) is 4.74 Å². The summed E-state index contributed by atoms with van der Waals surface area (Å²) in [5.41, 5.74) is 2.85. The Kier molecular flexibility index (Phi) is 5.20. The molecule has 6 nitrogen and oxygen atoms in total. The van der Waals surface area contributed by atoms with Crippen molar-refractivity contribution in [2.75, 3.05) is 17.7 Å². The summed E-state index contributed by atoms with van der Waals surface area (Å²) in [5, 5.41) is 8.78. The molecule has 7 heteroatoms. The largest absolute Gasteiger partial charge is 0.494 e. The molecule has 2 aromatic rings. The molecule has 0 amide bonds. The van der Waals surface area contributed by atoms with Crippen LogP contribution in [-0.2, 0) is 4.79 Å². The van der Waals surface area contributed by atoms with Gasteiger partial charge in [0.25, 0.3) is 0 Å². The van der Waals surface area contributed by atoms with Crippen molar-refractivity contribution in [3.05, 3.63) is 41.1 Å². The van der Waals surface area contributed by atoms with Crippen LogP contribution in [0, 0.1) is 0 Å². The van der Waals surface area contributed by atoms with Gasteiger partial charge in [-0.25, -0.2) is 4.68 Å². The number of rotatable bonds is 6. The third-order valence-corrected chi connectivity index (χ3v) is 5.51. The van der Waals surface area contributed by atoms with Crippen LogP contribution in [0.1, 0.15) is 51.1 Å². The van der Waals surface area contributed by atoms with Gasteiger partial charge in [-0.15, -0.1) is 5.10 Å². The normalized spacial score (nSPS) is 18.7. The zero-order valence-electron chi connectivity index (χ0n) is 15.7. The van der Waals surface area contributed by atoms with Crippen molar-refractivity contribution in [3.63, 3.8) is 0 Å². The average molecular weight is 385 g/mol. The number of anilines is 1. The summed E-state index contributed by atoms with van der Waals surface area (Å²) in [6.07, 6.45) is 3.32. The van der Waals surface area contributed by atoms with E-state index in [1.165, 1.54) is 0 Å². The minimum atomic E-state index is -0.233. The smallest absolute Gasteiger partial charge is 0.227 e. The molecule has 2 aliphatic rings. The molecule has 1 aromatic carbocycles. The highest BCUT2D eigenvalue weighted by Crippen LogP contribution is 2.40. The van der Waals surface area contributed by atoms with Crippen LogP contribution in [0.4, 0.5) is 5.95 Å². The van der Waals surface area contributed by atoms with Crippen molar-refractivity contribution in [3.8, 4) is 5.75 Å². The second-order valence-electron chi connectivity index (χ2n) is 6.71. The Labute approximate surface area is 163 Å². The van der Waals surface area contributed by atoms with Crippen molar-refractivity contribution in [1.29, 1.82) is 0 Å². The Balaban J connectivity index is 1.75. The lowest BCUT2D eigenvalue weighted by Crippen LogP contribution is -2.31. The van der Waals surface area contributed by atoms with Gasteiger partial charge in [0.2, 0.25) is 11.1 Å². The standard InChI is InChI=1S/C20H24N4O2S/c1-3-12-26-14-10-8-13(9-11-14)18-17-15(6-5-7-16(17)25)21-19-22-20(27-4-2)23-24(18)19/h8-11,18H,3-7,12H2,1-2H3,(H,21,22,23). The molecule has 1 N–H and O–H groups in total. The fourth-order valence-electron chi connectivity index (χ4n) is 3.60. The van der Waals surface area contributed by atoms with E-state index in [0.29, 0.717) is 13.0 Å². The first-order valence-corrected chi connectivity index (χ1v) is 10.5. The summed E-state index contributed by atoms with van der Waals surface area (Å²) in [4.78, 5) is 17.4. The molecule has 0 bridgehead atoms. The fourth-order valence-corrected chi connectivity index (χ4v) is 4.16. The lowest BCUT2D eigenvalue weighted by Gasteiger charge is -2.32. The van der Waals surface area contributed by atoms with E-state index in [0.717, 1.165) is 58.7 Å². The predicted molar refractivity (Wildman–Crippen MR) is 106 cm³/mol. The molecule has 0 saturated heterocycles. The molecule has 142 valence electrons. The first kappa shape index (κ1) is 18.1. The van der Waals surface area contributed by atoms with Crippen molar-refractivity contribution in [1.82, 2.24) is 14.8 Å². The molecule has 27 heavy (non-hydrogen) atoms. The Morgan fingerprint density at radius 3 is 2.81 bits per heavy atom. The van der Waals surface area contributed by atoms with Crippen LogP contribution in [0.2, 0.25) is 0 Å². The summed E-state index contributed by atoms with van der Waals surface area (Å²) < 4.78 is 7.56. The molecule has 2 heterocycles. The van der Waals surface area contributed by atoms with Crippen LogP contribution < -0.4 is 10.1 Å². The number of allylic oxidation sites excluding steroid dienone is 2. The average Bonchev–Trinajstić information content (AvgIpc) is 3.08. The van der Waals surface area contributed by atoms with Crippen molar-refractivity contribution < 1.29 is 9.53 Å². The Hall–Kier alpha value is -2.28. The summed E-state index contributed by atoms with van der Waals surface area (Å²) >= 11 is 1.61. The SMILES string of the molecule is CCCOc1ccc(C2C3=C(CCCC3=O)Nc3nc(SCC)nn32)cc1. The first-order valence-electron chi connectivity index (χ1n) is 9.56. The van der Waals surface area contributed by atoms with Crippen molar-refractivity contribution in [2.24, 2.45) is 0 Å². The molecule has 1 unspecified atom stereocenters. The van der Waals surface area contributed by atoms with Crippen LogP contribution in [0.3, 0.4) is 0 Å². The topological polar surface area (TPSA) is 69.0 Å². The third-order valence-electron chi connectivity index (χ3n) is 4.79. The predicted octanol–water partition coefficient (Wildman–Crippen LogP) is 4.20. The molecule has 1 aromatic heterocycles. The van der Waals surface area contributed by atoms with Gasteiger partial charge in [-0.2, -0.15) is 4.98 Å². The van der Waals surface area contributed by atoms with Crippen molar-refractivity contribution in [2.45, 2.75) is 50.7 Å². The number of benzene rings is 1. The van der Waals surface area contributed by atoms with E-state index in [-0.39, 0.29) is 11.8 Å². The van der Waals surface area contributed by atoms with E-state index >= 15 is 0 Å². The summed E-state index contributed by atoms with van der Waals surface area (Å²) in [7, 11) is 0. The molecule has 0 radical (unpaired) electrons. The molecule has 1 aliphatic carbocycles. The number of ketones is 1. The highest BCUT2D eigenvalue weighted by molar-refractivity contribution is 7.99. The minimum absolute atomic E-state index is 0.200. The maximum absolute atomic E-state index is 12.8. The third kappa shape index (κ3) is 3.48. The van der Waals surface area contributed by atoms with Gasteiger partial charge in [-0.05, 0) is 42.7 Å². The number of fused-ring (bicyclic) bond motifs is 1. The highest BCUT2D eigenvalue weighted by Gasteiger charge is 2.36. The number of carbonyl (C=O) groups excluding carboxylic acids is 1. The number of nitrogens with one attached hydrogen (secondary N) is 1.